The van der Waals surface area contributed by atoms with Crippen molar-refractivity contribution < 1.29 is 27.7 Å². The van der Waals surface area contributed by atoms with Crippen LogP contribution in [0, 0.1) is 9.39 Å². The molecule has 2 N–H and O–H groups in total. The van der Waals surface area contributed by atoms with E-state index in [1.54, 1.807) is 30.5 Å². The number of nitrogens with one attached hydrogen (secondary N) is 1. The van der Waals surface area contributed by atoms with Crippen molar-refractivity contribution in [3.8, 4) is 0 Å². The molecular weight excluding hydrogens is 547 g/mol. The van der Waals surface area contributed by atoms with Crippen LogP contribution in [0.5, 0.6) is 0 Å². The van der Waals surface area contributed by atoms with Gasteiger partial charge in [-0.25, -0.2) is 13.9 Å². The number of hydrogen-bond donors (Lipinski definition) is 2. The van der Waals surface area contributed by atoms with Gasteiger partial charge >= 0.3 is 7.82 Å². The van der Waals surface area contributed by atoms with Crippen molar-refractivity contribution in [1.29, 1.82) is 0 Å². The number of amides is 1. The van der Waals surface area contributed by atoms with Gasteiger partial charge in [0.25, 0.3) is 5.91 Å². The summed E-state index contributed by atoms with van der Waals surface area (Å²) in [6, 6.07) is 8.30. The van der Waals surface area contributed by atoms with E-state index in [2.05, 4.69) is 10.3 Å². The zero-order chi connectivity index (χ0) is 21.0. The summed E-state index contributed by atoms with van der Waals surface area (Å²) in [6.07, 6.45) is 0.319. The highest BCUT2D eigenvalue weighted by Gasteiger charge is 2.50. The van der Waals surface area contributed by atoms with E-state index in [0.29, 0.717) is 20.8 Å². The van der Waals surface area contributed by atoms with Gasteiger partial charge in [0, 0.05) is 15.2 Å². The number of rotatable bonds is 3. The molecule has 5 rings (SSSR count). The average Bonchev–Trinajstić information content (AvgIpc) is 3.31. The molecule has 4 heterocycles. The summed E-state index contributed by atoms with van der Waals surface area (Å²) in [7, 11) is -4.04. The van der Waals surface area contributed by atoms with Crippen LogP contribution in [-0.4, -0.2) is 46.0 Å². The maximum Gasteiger partial charge on any atom is 0.473 e. The summed E-state index contributed by atoms with van der Waals surface area (Å²) < 4.78 is 36.8. The van der Waals surface area contributed by atoms with Crippen molar-refractivity contribution in [3.05, 3.63) is 51.5 Å². The molecule has 0 spiro atoms. The van der Waals surface area contributed by atoms with E-state index >= 15 is 0 Å². The molecule has 156 valence electrons. The average molecular weight is 561 g/mol. The Labute approximate surface area is 187 Å². The topological polar surface area (TPSA) is 101 Å². The standard InChI is InChI=1S/C18H14FIN3O5PS/c19-11-6-9(20)3-4-12(11)22-17-15(10-2-1-5-21-16(10)30-17)18(24)23-7-13-14(8-23)28-29(25,26)27-13/h1-6,13-14,22H,7-8H2,(H,25,26)/t13-,14+. The first-order valence-electron chi connectivity index (χ1n) is 8.89. The lowest BCUT2D eigenvalue weighted by molar-refractivity contribution is 0.0751. The van der Waals surface area contributed by atoms with Crippen LogP contribution in [0.25, 0.3) is 10.2 Å². The molecule has 8 nitrogen and oxygen atoms in total. The van der Waals surface area contributed by atoms with E-state index in [1.165, 1.54) is 22.3 Å². The van der Waals surface area contributed by atoms with Gasteiger partial charge in [-0.05, 0) is 52.9 Å². The minimum Gasteiger partial charge on any atom is -0.344 e. The minimum absolute atomic E-state index is 0.128. The first-order valence-corrected chi connectivity index (χ1v) is 12.3. The van der Waals surface area contributed by atoms with Gasteiger partial charge in [0.15, 0.2) is 0 Å². The first-order chi connectivity index (χ1) is 14.3. The third kappa shape index (κ3) is 3.63. The maximum absolute atomic E-state index is 14.4. The highest BCUT2D eigenvalue weighted by Crippen LogP contribution is 2.54. The normalized spacial score (nSPS) is 25.6. The molecule has 0 radical (unpaired) electrons. The largest absolute Gasteiger partial charge is 0.473 e. The van der Waals surface area contributed by atoms with Crippen LogP contribution >= 0.6 is 41.8 Å². The maximum atomic E-state index is 14.4. The van der Waals surface area contributed by atoms with E-state index in [9.17, 15) is 18.6 Å². The summed E-state index contributed by atoms with van der Waals surface area (Å²) in [4.78, 5) is 29.3. The second kappa shape index (κ2) is 7.50. The molecule has 3 atom stereocenters. The van der Waals surface area contributed by atoms with Crippen molar-refractivity contribution in [1.82, 2.24) is 9.88 Å². The number of carbonyl (C=O) groups excluding carboxylic acids is 1. The number of hydrogen-bond acceptors (Lipinski definition) is 7. The summed E-state index contributed by atoms with van der Waals surface area (Å²) in [5.41, 5.74) is 0.621. The zero-order valence-electron chi connectivity index (χ0n) is 15.1. The lowest BCUT2D eigenvalue weighted by Crippen LogP contribution is -2.30. The fourth-order valence-corrected chi connectivity index (χ4v) is 6.22. The molecular formula is C18H14FIN3O5PS. The summed E-state index contributed by atoms with van der Waals surface area (Å²) in [6.45, 7) is 0.256. The molecule has 1 unspecified atom stereocenters. The lowest BCUT2D eigenvalue weighted by atomic mass is 10.1. The zero-order valence-corrected chi connectivity index (χ0v) is 19.0. The van der Waals surface area contributed by atoms with E-state index < -0.39 is 25.8 Å². The first kappa shape index (κ1) is 20.3. The number of carbonyl (C=O) groups is 1. The molecule has 0 aliphatic carbocycles. The number of likely N-dealkylation sites (tertiary alicyclic amines) is 1. The Balaban J connectivity index is 1.50. The van der Waals surface area contributed by atoms with Crippen LogP contribution in [0.1, 0.15) is 10.4 Å². The molecule has 3 aromatic rings. The van der Waals surface area contributed by atoms with Crippen molar-refractivity contribution in [3.63, 3.8) is 0 Å². The fourth-order valence-electron chi connectivity index (χ4n) is 3.58. The lowest BCUT2D eigenvalue weighted by Gasteiger charge is -2.18. The summed E-state index contributed by atoms with van der Waals surface area (Å²) in [5, 5.41) is 4.15. The van der Waals surface area contributed by atoms with Gasteiger partial charge in [-0.2, -0.15) is 0 Å². The summed E-state index contributed by atoms with van der Waals surface area (Å²) >= 11 is 3.28. The molecule has 30 heavy (non-hydrogen) atoms. The van der Waals surface area contributed by atoms with Crippen molar-refractivity contribution in [2.45, 2.75) is 12.2 Å². The third-order valence-corrected chi connectivity index (χ3v) is 7.67. The molecule has 1 amide bonds. The predicted octanol–water partition coefficient (Wildman–Crippen LogP) is 4.12. The number of pyridine rings is 1. The number of thiophene rings is 1. The number of phosphoric ester groups is 1. The van der Waals surface area contributed by atoms with Crippen LogP contribution in [-0.2, 0) is 13.6 Å². The molecule has 2 aliphatic rings. The Morgan fingerprint density at radius 2 is 2.07 bits per heavy atom. The Kier molecular flexibility index (Phi) is 5.07. The van der Waals surface area contributed by atoms with Gasteiger partial charge in [0.1, 0.15) is 27.9 Å². The Hall–Kier alpha value is -1.63. The number of anilines is 2. The molecule has 1 aromatic carbocycles. The van der Waals surface area contributed by atoms with Gasteiger partial charge in [-0.1, -0.05) is 11.3 Å². The van der Waals surface area contributed by atoms with Crippen LogP contribution in [0.4, 0.5) is 15.1 Å². The van der Waals surface area contributed by atoms with E-state index in [4.69, 9.17) is 9.05 Å². The van der Waals surface area contributed by atoms with Gasteiger partial charge < -0.3 is 15.1 Å². The van der Waals surface area contributed by atoms with Crippen LogP contribution in [0.15, 0.2) is 36.5 Å². The molecule has 0 saturated carbocycles. The van der Waals surface area contributed by atoms with Gasteiger partial charge in [0.2, 0.25) is 0 Å². The SMILES string of the molecule is O=C(c1c(Nc2ccc(I)cc2F)sc2ncccc12)N1C[C@@H]2OP(=O)(O)O[C@@H]2C1. The number of benzene rings is 1. The van der Waals surface area contributed by atoms with Crippen molar-refractivity contribution >= 4 is 68.6 Å². The van der Waals surface area contributed by atoms with Crippen molar-refractivity contribution in [2.75, 3.05) is 18.4 Å². The third-order valence-electron chi connectivity index (χ3n) is 4.90. The molecule has 2 aromatic heterocycles. The molecule has 2 aliphatic heterocycles. The summed E-state index contributed by atoms with van der Waals surface area (Å²) in [5.74, 6) is -0.737. The van der Waals surface area contributed by atoms with Crippen LogP contribution in [0.3, 0.4) is 0 Å². The Bertz CT molecular complexity index is 1210. The molecule has 12 heteroatoms. The highest BCUT2D eigenvalue weighted by atomic mass is 127. The second-order valence-corrected chi connectivity index (χ2v) is 10.5. The Morgan fingerprint density at radius 3 is 2.77 bits per heavy atom. The number of nitrogens with zero attached hydrogens (tertiary/aromatic N) is 2. The molecule has 2 saturated heterocycles. The number of phosphoric acid groups is 1. The van der Waals surface area contributed by atoms with Gasteiger partial charge in [0.05, 0.1) is 24.3 Å². The molecule has 0 bridgehead atoms. The number of fused-ring (bicyclic) bond motifs is 2. The minimum atomic E-state index is -4.04. The number of halogens is 2. The highest BCUT2D eigenvalue weighted by molar-refractivity contribution is 14.1. The van der Waals surface area contributed by atoms with E-state index in [-0.39, 0.29) is 24.7 Å². The van der Waals surface area contributed by atoms with Crippen LogP contribution < -0.4 is 5.32 Å². The van der Waals surface area contributed by atoms with E-state index in [1.807, 2.05) is 22.6 Å². The Morgan fingerprint density at radius 1 is 1.33 bits per heavy atom. The van der Waals surface area contributed by atoms with Gasteiger partial charge in [-0.3, -0.25) is 13.8 Å². The van der Waals surface area contributed by atoms with Crippen LogP contribution in [0.2, 0.25) is 0 Å². The second-order valence-electron chi connectivity index (χ2n) is 6.88. The number of aromatic nitrogens is 1. The predicted molar refractivity (Wildman–Crippen MR) is 117 cm³/mol. The quantitative estimate of drug-likeness (QED) is 0.367. The van der Waals surface area contributed by atoms with E-state index in [0.717, 1.165) is 3.57 Å². The molecule has 2 fully saturated rings. The monoisotopic (exact) mass is 561 g/mol. The smallest absolute Gasteiger partial charge is 0.344 e. The van der Waals surface area contributed by atoms with Gasteiger partial charge in [-0.15, -0.1) is 0 Å². The van der Waals surface area contributed by atoms with Crippen molar-refractivity contribution in [2.24, 2.45) is 0 Å². The fraction of sp³-hybridized carbons (Fsp3) is 0.222.